The molecule has 0 aliphatic carbocycles. The zero-order chi connectivity index (χ0) is 22.3. The number of carbonyl (C=O) groups excluding carboxylic acids is 1. The molecule has 9 heteroatoms. The molecule has 0 radical (unpaired) electrons. The quantitative estimate of drug-likeness (QED) is 0.504. The lowest BCUT2D eigenvalue weighted by molar-refractivity contribution is 0.0956. The van der Waals surface area contributed by atoms with Gasteiger partial charge in [-0.25, -0.2) is 8.42 Å². The molecule has 1 amide bonds. The minimum absolute atomic E-state index is 0.112. The molecule has 1 N–H and O–H groups in total. The molecule has 3 rings (SSSR count). The largest absolute Gasteiger partial charge is 0.351 e. The standard InChI is InChI=1S/C22H26Cl2N2O3S2/c23-18-7-5-17(6-8-18)16-30-14-11-25-22(27)20-15-19(9-10-21(20)24)31(28,29)26-12-3-1-2-4-13-26/h5-10,15H,1-4,11-14,16H2,(H,25,27). The Hall–Kier alpha value is -1.25. The van der Waals surface area contributed by atoms with Crippen LogP contribution in [0.3, 0.4) is 0 Å². The minimum atomic E-state index is -3.64. The second kappa shape index (κ2) is 11.6. The lowest BCUT2D eigenvalue weighted by Crippen LogP contribution is -2.32. The summed E-state index contributed by atoms with van der Waals surface area (Å²) in [6, 6.07) is 12.0. The first-order valence-electron chi connectivity index (χ1n) is 10.3. The van der Waals surface area contributed by atoms with E-state index >= 15 is 0 Å². The van der Waals surface area contributed by atoms with Crippen LogP contribution < -0.4 is 5.32 Å². The summed E-state index contributed by atoms with van der Waals surface area (Å²) in [7, 11) is -3.64. The molecular weight excluding hydrogens is 475 g/mol. The Bertz CT molecular complexity index is 990. The summed E-state index contributed by atoms with van der Waals surface area (Å²) in [4.78, 5) is 12.7. The Kier molecular flexibility index (Phi) is 9.10. The number of thioether (sulfide) groups is 1. The van der Waals surface area contributed by atoms with Gasteiger partial charge in [0.2, 0.25) is 10.0 Å². The number of nitrogens with one attached hydrogen (secondary N) is 1. The number of sulfonamides is 1. The van der Waals surface area contributed by atoms with E-state index in [-0.39, 0.29) is 21.4 Å². The number of halogens is 2. The molecule has 1 heterocycles. The Morgan fingerprint density at radius 3 is 2.35 bits per heavy atom. The first-order chi connectivity index (χ1) is 14.9. The summed E-state index contributed by atoms with van der Waals surface area (Å²) in [6.07, 6.45) is 3.79. The first kappa shape index (κ1) is 24.4. The van der Waals surface area contributed by atoms with Crippen LogP contribution in [0.2, 0.25) is 10.0 Å². The van der Waals surface area contributed by atoms with E-state index in [4.69, 9.17) is 23.2 Å². The van der Waals surface area contributed by atoms with Crippen LogP contribution in [0, 0.1) is 0 Å². The van der Waals surface area contributed by atoms with Crippen LogP contribution in [-0.4, -0.2) is 44.0 Å². The highest BCUT2D eigenvalue weighted by atomic mass is 35.5. The zero-order valence-electron chi connectivity index (χ0n) is 17.1. The van der Waals surface area contributed by atoms with Gasteiger partial charge in [0, 0.05) is 36.2 Å². The highest BCUT2D eigenvalue weighted by Gasteiger charge is 2.26. The molecule has 1 fully saturated rings. The number of rotatable bonds is 8. The van der Waals surface area contributed by atoms with Crippen molar-refractivity contribution in [2.24, 2.45) is 0 Å². The van der Waals surface area contributed by atoms with E-state index in [0.29, 0.717) is 24.7 Å². The molecule has 2 aromatic rings. The highest BCUT2D eigenvalue weighted by molar-refractivity contribution is 7.98. The molecule has 168 valence electrons. The van der Waals surface area contributed by atoms with Gasteiger partial charge in [0.25, 0.3) is 5.91 Å². The first-order valence-corrected chi connectivity index (χ1v) is 13.6. The number of hydrogen-bond acceptors (Lipinski definition) is 4. The van der Waals surface area contributed by atoms with Crippen LogP contribution >= 0.6 is 35.0 Å². The third-order valence-corrected chi connectivity index (χ3v) is 8.61. The van der Waals surface area contributed by atoms with Crippen molar-refractivity contribution in [2.75, 3.05) is 25.4 Å². The van der Waals surface area contributed by atoms with Crippen molar-refractivity contribution in [3.05, 3.63) is 63.6 Å². The maximum Gasteiger partial charge on any atom is 0.252 e. The zero-order valence-corrected chi connectivity index (χ0v) is 20.3. The van der Waals surface area contributed by atoms with Crippen molar-refractivity contribution < 1.29 is 13.2 Å². The summed E-state index contributed by atoms with van der Waals surface area (Å²) < 4.78 is 27.6. The van der Waals surface area contributed by atoms with Crippen LogP contribution in [0.4, 0.5) is 0 Å². The predicted molar refractivity (Wildman–Crippen MR) is 129 cm³/mol. The van der Waals surface area contributed by atoms with Gasteiger partial charge in [-0.3, -0.25) is 4.79 Å². The van der Waals surface area contributed by atoms with Crippen LogP contribution in [0.15, 0.2) is 47.4 Å². The summed E-state index contributed by atoms with van der Waals surface area (Å²) >= 11 is 13.8. The van der Waals surface area contributed by atoms with Gasteiger partial charge in [0.15, 0.2) is 0 Å². The van der Waals surface area contributed by atoms with Crippen LogP contribution in [-0.2, 0) is 15.8 Å². The fourth-order valence-corrected chi connectivity index (χ4v) is 6.06. The Morgan fingerprint density at radius 1 is 1.00 bits per heavy atom. The molecule has 31 heavy (non-hydrogen) atoms. The number of benzene rings is 2. The second-order valence-electron chi connectivity index (χ2n) is 7.39. The Balaban J connectivity index is 1.57. The normalized spacial score (nSPS) is 15.4. The lowest BCUT2D eigenvalue weighted by atomic mass is 10.2. The minimum Gasteiger partial charge on any atom is -0.351 e. The van der Waals surface area contributed by atoms with Gasteiger partial charge < -0.3 is 5.32 Å². The van der Waals surface area contributed by atoms with Crippen molar-refractivity contribution in [1.82, 2.24) is 9.62 Å². The maximum atomic E-state index is 13.0. The fraction of sp³-hybridized carbons (Fsp3) is 0.409. The summed E-state index contributed by atoms with van der Waals surface area (Å²) in [5.74, 6) is 1.17. The van der Waals surface area contributed by atoms with Gasteiger partial charge in [0.05, 0.1) is 15.5 Å². The second-order valence-corrected chi connectivity index (χ2v) is 11.3. The molecule has 0 atom stereocenters. The molecule has 1 aliphatic rings. The average Bonchev–Trinajstić information content (AvgIpc) is 3.05. The van der Waals surface area contributed by atoms with Crippen LogP contribution in [0.25, 0.3) is 0 Å². The number of nitrogens with zero attached hydrogens (tertiary/aromatic N) is 1. The number of hydrogen-bond donors (Lipinski definition) is 1. The molecule has 0 spiro atoms. The third-order valence-electron chi connectivity index (χ3n) is 5.10. The molecule has 2 aromatic carbocycles. The lowest BCUT2D eigenvalue weighted by Gasteiger charge is -2.20. The Morgan fingerprint density at radius 2 is 1.68 bits per heavy atom. The number of amides is 1. The molecule has 0 unspecified atom stereocenters. The van der Waals surface area contributed by atoms with E-state index in [9.17, 15) is 13.2 Å². The van der Waals surface area contributed by atoms with Gasteiger partial charge in [0.1, 0.15) is 0 Å². The fourth-order valence-electron chi connectivity index (χ4n) is 3.37. The van der Waals surface area contributed by atoms with Gasteiger partial charge in [-0.2, -0.15) is 16.1 Å². The summed E-state index contributed by atoms with van der Waals surface area (Å²) in [5.41, 5.74) is 1.34. The van der Waals surface area contributed by atoms with E-state index in [1.54, 1.807) is 11.8 Å². The summed E-state index contributed by atoms with van der Waals surface area (Å²) in [6.45, 7) is 1.48. The van der Waals surface area contributed by atoms with Crippen LogP contribution in [0.1, 0.15) is 41.6 Å². The topological polar surface area (TPSA) is 66.5 Å². The molecule has 1 saturated heterocycles. The van der Waals surface area contributed by atoms with E-state index < -0.39 is 10.0 Å². The van der Waals surface area contributed by atoms with Gasteiger partial charge in [-0.1, -0.05) is 48.2 Å². The van der Waals surface area contributed by atoms with E-state index in [1.807, 2.05) is 24.3 Å². The highest BCUT2D eigenvalue weighted by Crippen LogP contribution is 2.25. The van der Waals surface area contributed by atoms with E-state index in [2.05, 4.69) is 5.32 Å². The average molecular weight is 502 g/mol. The van der Waals surface area contributed by atoms with Crippen molar-refractivity contribution in [1.29, 1.82) is 0 Å². The monoisotopic (exact) mass is 500 g/mol. The van der Waals surface area contributed by atoms with Crippen molar-refractivity contribution >= 4 is 50.9 Å². The SMILES string of the molecule is O=C(NCCSCc1ccc(Cl)cc1)c1cc(S(=O)(=O)N2CCCCCC2)ccc1Cl. The molecule has 0 aromatic heterocycles. The molecule has 1 aliphatic heterocycles. The smallest absolute Gasteiger partial charge is 0.252 e. The van der Waals surface area contributed by atoms with Crippen LogP contribution in [0.5, 0.6) is 0 Å². The maximum absolute atomic E-state index is 13.0. The molecule has 0 saturated carbocycles. The van der Waals surface area contributed by atoms with Gasteiger partial charge in [-0.15, -0.1) is 0 Å². The van der Waals surface area contributed by atoms with Gasteiger partial charge >= 0.3 is 0 Å². The van der Waals surface area contributed by atoms with E-state index in [1.165, 1.54) is 22.5 Å². The molecule has 5 nitrogen and oxygen atoms in total. The summed E-state index contributed by atoms with van der Waals surface area (Å²) in [5, 5.41) is 3.77. The third kappa shape index (κ3) is 6.86. The van der Waals surface area contributed by atoms with Gasteiger partial charge in [-0.05, 0) is 48.7 Å². The Labute approximate surface area is 198 Å². The van der Waals surface area contributed by atoms with Crippen molar-refractivity contribution in [3.63, 3.8) is 0 Å². The molecular formula is C22H26Cl2N2O3S2. The van der Waals surface area contributed by atoms with E-state index in [0.717, 1.165) is 42.8 Å². The molecule has 0 bridgehead atoms. The van der Waals surface area contributed by atoms with Crippen molar-refractivity contribution in [3.8, 4) is 0 Å². The number of carbonyl (C=O) groups is 1. The predicted octanol–water partition coefficient (Wildman–Crippen LogP) is 5.22. The van der Waals surface area contributed by atoms with Crippen molar-refractivity contribution in [2.45, 2.75) is 36.3 Å².